The van der Waals surface area contributed by atoms with Crippen molar-refractivity contribution >= 4 is 43.0 Å². The van der Waals surface area contributed by atoms with E-state index in [4.69, 9.17) is 0 Å². The Hall–Kier alpha value is -4.67. The number of nitrogens with one attached hydrogen (secondary N) is 2. The maximum Gasteiger partial charge on any atom is 0.295 e. The zero-order chi connectivity index (χ0) is 25.3. The largest absolute Gasteiger partial charge is 0.295 e. The third kappa shape index (κ3) is 4.38. The molecule has 0 atom stereocenters. The van der Waals surface area contributed by atoms with E-state index in [-0.39, 0.29) is 21.0 Å². The lowest BCUT2D eigenvalue weighted by Crippen LogP contribution is -2.47. The molecule has 5 rings (SSSR count). The van der Waals surface area contributed by atoms with Gasteiger partial charge in [0.2, 0.25) is 10.9 Å². The van der Waals surface area contributed by atoms with Crippen molar-refractivity contribution in [2.45, 2.75) is 4.90 Å². The fourth-order valence-electron chi connectivity index (χ4n) is 3.89. The van der Waals surface area contributed by atoms with Crippen LogP contribution in [0.5, 0.6) is 0 Å². The topological polar surface area (TPSA) is 137 Å². The van der Waals surface area contributed by atoms with E-state index < -0.39 is 21.0 Å². The molecule has 0 saturated heterocycles. The van der Waals surface area contributed by atoms with Crippen LogP contribution in [0.15, 0.2) is 116 Å². The smallest absolute Gasteiger partial charge is 0.287 e. The molecular formula is C26H18N4O5S. The van der Waals surface area contributed by atoms with Crippen molar-refractivity contribution in [3.63, 3.8) is 0 Å². The molecule has 0 aromatic heterocycles. The molecular weight excluding hydrogens is 480 g/mol. The summed E-state index contributed by atoms with van der Waals surface area (Å²) in [7, 11) is -4.45. The molecule has 0 spiro atoms. The van der Waals surface area contributed by atoms with Gasteiger partial charge in [-0.3, -0.25) is 25.0 Å². The quantitative estimate of drug-likeness (QED) is 0.250. The highest BCUT2D eigenvalue weighted by Crippen LogP contribution is 2.29. The molecule has 5 aromatic carbocycles. The lowest BCUT2D eigenvalue weighted by molar-refractivity contribution is 0.484. The zero-order valence-electron chi connectivity index (χ0n) is 18.5. The maximum absolute atomic E-state index is 13.0. The van der Waals surface area contributed by atoms with Gasteiger partial charge in [0.1, 0.15) is 10.3 Å². The Labute approximate surface area is 204 Å². The minimum absolute atomic E-state index is 0.00494. The number of rotatable bonds is 5. The average molecular weight is 499 g/mol. The molecule has 36 heavy (non-hydrogen) atoms. The summed E-state index contributed by atoms with van der Waals surface area (Å²) in [6.07, 6.45) is 0. The molecule has 10 heteroatoms. The number of hydrogen-bond donors (Lipinski definition) is 3. The fraction of sp³-hybridized carbons (Fsp3) is 0. The van der Waals surface area contributed by atoms with Crippen LogP contribution in [0.4, 0.5) is 11.4 Å². The maximum atomic E-state index is 13.0. The predicted molar refractivity (Wildman–Crippen MR) is 137 cm³/mol. The van der Waals surface area contributed by atoms with E-state index in [0.717, 1.165) is 10.8 Å². The van der Waals surface area contributed by atoms with Crippen molar-refractivity contribution in [2.24, 2.45) is 10.2 Å². The summed E-state index contributed by atoms with van der Waals surface area (Å²) in [4.78, 5) is 25.1. The molecule has 0 aliphatic heterocycles. The van der Waals surface area contributed by atoms with Gasteiger partial charge in [-0.15, -0.1) is 0 Å². The van der Waals surface area contributed by atoms with Crippen LogP contribution in [0.2, 0.25) is 0 Å². The molecule has 178 valence electrons. The standard InChI is InChI=1S/C26H18N4O5S/c31-23-14-12-22(29-27-20-11-5-7-16-6-1-2-8-17(16)20)26(32)25(23)30-28-21-13-15-24(36(33,34)35)19-10-4-3-9-18(19)21/h1-15,27-28H,(H,33,34,35). The molecule has 0 saturated carbocycles. The summed E-state index contributed by atoms with van der Waals surface area (Å²) in [5, 5.41) is 10.4. The molecule has 9 nitrogen and oxygen atoms in total. The molecule has 0 aliphatic carbocycles. The molecule has 3 N–H and O–H groups in total. The van der Waals surface area contributed by atoms with E-state index in [1.807, 2.05) is 42.5 Å². The summed E-state index contributed by atoms with van der Waals surface area (Å²) < 4.78 is 32.9. The van der Waals surface area contributed by atoms with Crippen LogP contribution >= 0.6 is 0 Å². The average Bonchev–Trinajstić information content (AvgIpc) is 2.87. The molecule has 0 radical (unpaired) electrons. The second-order valence-electron chi connectivity index (χ2n) is 7.87. The molecule has 0 unspecified atom stereocenters. The Morgan fingerprint density at radius 1 is 0.639 bits per heavy atom. The van der Waals surface area contributed by atoms with Gasteiger partial charge in [0, 0.05) is 16.2 Å². The van der Waals surface area contributed by atoms with Gasteiger partial charge in [0.15, 0.2) is 5.36 Å². The molecule has 0 aliphatic rings. The highest BCUT2D eigenvalue weighted by atomic mass is 32.2. The summed E-state index contributed by atoms with van der Waals surface area (Å²) >= 11 is 0. The van der Waals surface area contributed by atoms with E-state index >= 15 is 0 Å². The van der Waals surface area contributed by atoms with Crippen molar-refractivity contribution < 1.29 is 13.0 Å². The highest BCUT2D eigenvalue weighted by molar-refractivity contribution is 7.86. The minimum Gasteiger partial charge on any atom is -0.287 e. The summed E-state index contributed by atoms with van der Waals surface area (Å²) in [6, 6.07) is 24.9. The third-order valence-corrected chi connectivity index (χ3v) is 6.52. The van der Waals surface area contributed by atoms with E-state index in [9.17, 15) is 22.6 Å². The number of anilines is 2. The molecule has 5 aromatic rings. The third-order valence-electron chi connectivity index (χ3n) is 5.61. The van der Waals surface area contributed by atoms with Crippen LogP contribution in [0, 0.1) is 0 Å². The van der Waals surface area contributed by atoms with Gasteiger partial charge in [-0.1, -0.05) is 60.7 Å². The highest BCUT2D eigenvalue weighted by Gasteiger charge is 2.15. The molecule has 0 fully saturated rings. The first kappa shape index (κ1) is 23.1. The normalized spacial score (nSPS) is 12.8. The number of benzene rings is 5. The van der Waals surface area contributed by atoms with Gasteiger partial charge in [0.25, 0.3) is 10.1 Å². The van der Waals surface area contributed by atoms with Crippen molar-refractivity contribution in [3.05, 3.63) is 122 Å². The van der Waals surface area contributed by atoms with Crippen molar-refractivity contribution in [1.82, 2.24) is 0 Å². The Morgan fingerprint density at radius 2 is 1.28 bits per heavy atom. The van der Waals surface area contributed by atoms with Crippen LogP contribution in [0.3, 0.4) is 0 Å². The van der Waals surface area contributed by atoms with Crippen LogP contribution < -0.4 is 32.4 Å². The van der Waals surface area contributed by atoms with E-state index in [1.165, 1.54) is 30.3 Å². The Bertz CT molecular complexity index is 1970. The SMILES string of the molecule is O=c1ccc(=NNc2cccc3ccccc23)c(=O)c1=NNc1ccc(S(=O)(=O)O)c2ccccc12. The first-order valence-electron chi connectivity index (χ1n) is 10.7. The molecule has 0 amide bonds. The molecule has 0 heterocycles. The minimum atomic E-state index is -4.45. The first-order valence-corrected chi connectivity index (χ1v) is 12.2. The summed E-state index contributed by atoms with van der Waals surface area (Å²) in [6.45, 7) is 0. The monoisotopic (exact) mass is 498 g/mol. The van der Waals surface area contributed by atoms with E-state index in [0.29, 0.717) is 16.8 Å². The van der Waals surface area contributed by atoms with Crippen molar-refractivity contribution in [1.29, 1.82) is 0 Å². The predicted octanol–water partition coefficient (Wildman–Crippen LogP) is 2.69. The summed E-state index contributed by atoms with van der Waals surface area (Å²) in [5.41, 5.74) is 5.32. The van der Waals surface area contributed by atoms with Crippen molar-refractivity contribution in [2.75, 3.05) is 10.9 Å². The molecule has 0 bridgehead atoms. The van der Waals surface area contributed by atoms with Crippen LogP contribution in [0.25, 0.3) is 21.5 Å². The van der Waals surface area contributed by atoms with Crippen molar-refractivity contribution in [3.8, 4) is 0 Å². The van der Waals surface area contributed by atoms with Gasteiger partial charge in [-0.25, -0.2) is 0 Å². The van der Waals surface area contributed by atoms with Crippen LogP contribution in [0.1, 0.15) is 0 Å². The number of hydrogen-bond acceptors (Lipinski definition) is 8. The Balaban J connectivity index is 1.55. The van der Waals surface area contributed by atoms with Crippen LogP contribution in [-0.4, -0.2) is 13.0 Å². The lowest BCUT2D eigenvalue weighted by atomic mass is 10.1. The van der Waals surface area contributed by atoms with Gasteiger partial charge in [-0.05, 0) is 35.7 Å². The second-order valence-corrected chi connectivity index (χ2v) is 9.26. The lowest BCUT2D eigenvalue weighted by Gasteiger charge is -2.08. The summed E-state index contributed by atoms with van der Waals surface area (Å²) in [5.74, 6) is 0. The Kier molecular flexibility index (Phi) is 5.88. The van der Waals surface area contributed by atoms with Gasteiger partial charge in [0.05, 0.1) is 11.4 Å². The first-order chi connectivity index (χ1) is 17.3. The number of nitrogens with zero attached hydrogens (tertiary/aromatic N) is 2. The van der Waals surface area contributed by atoms with Crippen LogP contribution in [-0.2, 0) is 10.1 Å². The van der Waals surface area contributed by atoms with Gasteiger partial charge >= 0.3 is 0 Å². The van der Waals surface area contributed by atoms with Gasteiger partial charge < -0.3 is 0 Å². The van der Waals surface area contributed by atoms with E-state index in [2.05, 4.69) is 21.1 Å². The number of fused-ring (bicyclic) bond motifs is 2. The van der Waals surface area contributed by atoms with E-state index in [1.54, 1.807) is 18.2 Å². The van der Waals surface area contributed by atoms with Gasteiger partial charge in [-0.2, -0.15) is 18.6 Å². The second kappa shape index (κ2) is 9.17. The zero-order valence-corrected chi connectivity index (χ0v) is 19.4. The fourth-order valence-corrected chi connectivity index (χ4v) is 4.59. The Morgan fingerprint density at radius 3 is 2.06 bits per heavy atom.